The number of aryl methyl sites for hydroxylation is 1. The molecule has 0 atom stereocenters. The summed E-state index contributed by atoms with van der Waals surface area (Å²) in [5, 5.41) is 3.04. The highest BCUT2D eigenvalue weighted by Crippen LogP contribution is 2.26. The van der Waals surface area contributed by atoms with Crippen molar-refractivity contribution in [3.8, 4) is 10.6 Å². The molecule has 5 rings (SSSR count). The molecule has 6 nitrogen and oxygen atoms in total. The lowest BCUT2D eigenvalue weighted by atomic mass is 10.1. The van der Waals surface area contributed by atoms with Gasteiger partial charge in [0.25, 0.3) is 0 Å². The molecule has 1 amide bonds. The summed E-state index contributed by atoms with van der Waals surface area (Å²) in [5.74, 6) is 0.176. The van der Waals surface area contributed by atoms with Crippen LogP contribution in [-0.4, -0.2) is 85.0 Å². The molecule has 2 aliphatic rings. The van der Waals surface area contributed by atoms with E-state index in [1.54, 1.807) is 11.3 Å². The summed E-state index contributed by atoms with van der Waals surface area (Å²) in [7, 11) is 2.19. The number of carbonyl (C=O) groups is 1. The first kappa shape index (κ1) is 24.0. The van der Waals surface area contributed by atoms with E-state index in [9.17, 15) is 4.79 Å². The number of rotatable bonds is 6. The Bertz CT molecular complexity index is 1150. The maximum atomic E-state index is 13.0. The van der Waals surface area contributed by atoms with Gasteiger partial charge in [0.15, 0.2) is 0 Å². The minimum Gasteiger partial charge on any atom is -0.368 e. The van der Waals surface area contributed by atoms with E-state index in [4.69, 9.17) is 4.98 Å². The summed E-state index contributed by atoms with van der Waals surface area (Å²) in [4.78, 5) is 27.1. The Morgan fingerprint density at radius 3 is 2.49 bits per heavy atom. The molecule has 35 heavy (non-hydrogen) atoms. The van der Waals surface area contributed by atoms with Crippen molar-refractivity contribution in [3.63, 3.8) is 0 Å². The number of piperazine rings is 2. The fourth-order valence-electron chi connectivity index (χ4n) is 4.89. The zero-order valence-corrected chi connectivity index (χ0v) is 21.6. The van der Waals surface area contributed by atoms with Crippen LogP contribution in [0, 0.1) is 6.92 Å². The Morgan fingerprint density at radius 2 is 1.71 bits per heavy atom. The Balaban J connectivity index is 1.15. The topological polar surface area (TPSA) is 42.9 Å². The molecule has 184 valence electrons. The number of anilines is 1. The molecule has 3 heterocycles. The minimum atomic E-state index is 0.176. The standard InChI is InChI=1S/C28H35N5OS/c1-22-5-3-8-26(17-22)32-13-15-33(16-14-32)27(34)19-25-21-35-28(29-25)24-7-4-6-23(18-24)20-31-11-9-30(2)10-12-31/h3-8,17-18,21H,9-16,19-20H2,1-2H3. The Hall–Kier alpha value is -2.74. The average molecular weight is 490 g/mol. The first-order valence-corrected chi connectivity index (χ1v) is 13.5. The third-order valence-electron chi connectivity index (χ3n) is 7.06. The molecular weight excluding hydrogens is 454 g/mol. The van der Waals surface area contributed by atoms with Crippen LogP contribution in [0.15, 0.2) is 53.9 Å². The molecule has 2 aromatic carbocycles. The fraction of sp³-hybridized carbons (Fsp3) is 0.429. The monoisotopic (exact) mass is 489 g/mol. The Labute approximate surface area is 212 Å². The predicted molar refractivity (Wildman–Crippen MR) is 144 cm³/mol. The molecule has 0 saturated carbocycles. The average Bonchev–Trinajstić information content (AvgIpc) is 3.34. The molecule has 2 saturated heterocycles. The molecule has 0 aliphatic carbocycles. The zero-order chi connectivity index (χ0) is 24.2. The predicted octanol–water partition coefficient (Wildman–Crippen LogP) is 3.76. The second-order valence-corrected chi connectivity index (χ2v) is 10.7. The van der Waals surface area contributed by atoms with E-state index < -0.39 is 0 Å². The van der Waals surface area contributed by atoms with E-state index in [1.165, 1.54) is 16.8 Å². The maximum absolute atomic E-state index is 13.0. The normalized spacial score (nSPS) is 17.7. The smallest absolute Gasteiger partial charge is 0.228 e. The van der Waals surface area contributed by atoms with E-state index in [2.05, 4.69) is 77.2 Å². The van der Waals surface area contributed by atoms with Gasteiger partial charge in [0.1, 0.15) is 5.01 Å². The number of carbonyl (C=O) groups excluding carboxylic acids is 1. The van der Waals surface area contributed by atoms with Crippen molar-refractivity contribution in [3.05, 3.63) is 70.7 Å². The molecule has 2 aliphatic heterocycles. The van der Waals surface area contributed by atoms with Gasteiger partial charge in [-0.2, -0.15) is 0 Å². The summed E-state index contributed by atoms with van der Waals surface area (Å²) in [6.07, 6.45) is 0.377. The van der Waals surface area contributed by atoms with Gasteiger partial charge < -0.3 is 14.7 Å². The second-order valence-electron chi connectivity index (χ2n) is 9.81. The van der Waals surface area contributed by atoms with Crippen molar-refractivity contribution in [1.29, 1.82) is 0 Å². The Morgan fingerprint density at radius 1 is 0.943 bits per heavy atom. The highest BCUT2D eigenvalue weighted by Gasteiger charge is 2.22. The second kappa shape index (κ2) is 10.9. The number of benzene rings is 2. The molecule has 0 unspecified atom stereocenters. The lowest BCUT2D eigenvalue weighted by molar-refractivity contribution is -0.130. The van der Waals surface area contributed by atoms with Crippen molar-refractivity contribution in [2.75, 3.05) is 64.3 Å². The van der Waals surface area contributed by atoms with Gasteiger partial charge in [-0.15, -0.1) is 11.3 Å². The van der Waals surface area contributed by atoms with Gasteiger partial charge in [-0.1, -0.05) is 30.3 Å². The molecule has 1 aromatic heterocycles. The summed E-state index contributed by atoms with van der Waals surface area (Å²) < 4.78 is 0. The summed E-state index contributed by atoms with van der Waals surface area (Å²) in [5.41, 5.74) is 5.86. The van der Waals surface area contributed by atoms with Gasteiger partial charge in [-0.3, -0.25) is 9.69 Å². The number of aromatic nitrogens is 1. The number of nitrogens with zero attached hydrogens (tertiary/aromatic N) is 5. The molecule has 0 radical (unpaired) electrons. The number of hydrogen-bond acceptors (Lipinski definition) is 6. The third-order valence-corrected chi connectivity index (χ3v) is 8.00. The summed E-state index contributed by atoms with van der Waals surface area (Å²) >= 11 is 1.63. The van der Waals surface area contributed by atoms with Crippen LogP contribution in [0.1, 0.15) is 16.8 Å². The van der Waals surface area contributed by atoms with Crippen LogP contribution in [0.4, 0.5) is 5.69 Å². The molecular formula is C28H35N5OS. The van der Waals surface area contributed by atoms with E-state index in [1.807, 2.05) is 10.3 Å². The number of hydrogen-bond donors (Lipinski definition) is 0. The van der Waals surface area contributed by atoms with Crippen LogP contribution in [0.25, 0.3) is 10.6 Å². The summed E-state index contributed by atoms with van der Waals surface area (Å²) in [6, 6.07) is 17.3. The molecule has 7 heteroatoms. The van der Waals surface area contributed by atoms with Crippen LogP contribution in [0.5, 0.6) is 0 Å². The van der Waals surface area contributed by atoms with Crippen molar-refractivity contribution in [1.82, 2.24) is 19.7 Å². The first-order chi connectivity index (χ1) is 17.0. The van der Waals surface area contributed by atoms with Gasteiger partial charge in [0, 0.05) is 75.5 Å². The van der Waals surface area contributed by atoms with Crippen LogP contribution in [0.3, 0.4) is 0 Å². The SMILES string of the molecule is Cc1cccc(N2CCN(C(=O)Cc3csc(-c4cccc(CN5CCN(C)CC5)c4)n3)CC2)c1. The van der Waals surface area contributed by atoms with Gasteiger partial charge in [0.2, 0.25) is 5.91 Å². The number of amides is 1. The first-order valence-electron chi connectivity index (χ1n) is 12.6. The molecule has 2 fully saturated rings. The van der Waals surface area contributed by atoms with Crippen LogP contribution in [0.2, 0.25) is 0 Å². The van der Waals surface area contributed by atoms with Gasteiger partial charge >= 0.3 is 0 Å². The van der Waals surface area contributed by atoms with Gasteiger partial charge in [-0.05, 0) is 43.3 Å². The van der Waals surface area contributed by atoms with E-state index in [0.717, 1.165) is 75.2 Å². The van der Waals surface area contributed by atoms with E-state index >= 15 is 0 Å². The third kappa shape index (κ3) is 6.10. The largest absolute Gasteiger partial charge is 0.368 e. The number of thiazole rings is 1. The summed E-state index contributed by atoms with van der Waals surface area (Å²) in [6.45, 7) is 10.9. The molecule has 3 aromatic rings. The Kier molecular flexibility index (Phi) is 7.46. The zero-order valence-electron chi connectivity index (χ0n) is 20.8. The van der Waals surface area contributed by atoms with Crippen LogP contribution < -0.4 is 4.90 Å². The number of likely N-dealkylation sites (N-methyl/N-ethyl adjacent to an activating group) is 1. The minimum absolute atomic E-state index is 0.176. The van der Waals surface area contributed by atoms with E-state index in [-0.39, 0.29) is 5.91 Å². The molecule has 0 spiro atoms. The van der Waals surface area contributed by atoms with Crippen molar-refractivity contribution in [2.24, 2.45) is 0 Å². The lowest BCUT2D eigenvalue weighted by Gasteiger charge is -2.36. The lowest BCUT2D eigenvalue weighted by Crippen LogP contribution is -2.49. The van der Waals surface area contributed by atoms with Crippen molar-refractivity contribution < 1.29 is 4.79 Å². The highest BCUT2D eigenvalue weighted by atomic mass is 32.1. The highest BCUT2D eigenvalue weighted by molar-refractivity contribution is 7.13. The van der Waals surface area contributed by atoms with Crippen molar-refractivity contribution in [2.45, 2.75) is 19.9 Å². The fourth-order valence-corrected chi connectivity index (χ4v) is 5.71. The molecule has 0 bridgehead atoms. The maximum Gasteiger partial charge on any atom is 0.228 e. The molecule has 0 N–H and O–H groups in total. The van der Waals surface area contributed by atoms with Crippen LogP contribution >= 0.6 is 11.3 Å². The van der Waals surface area contributed by atoms with Crippen LogP contribution in [-0.2, 0) is 17.8 Å². The van der Waals surface area contributed by atoms with Gasteiger partial charge in [0.05, 0.1) is 12.1 Å². The van der Waals surface area contributed by atoms with E-state index in [0.29, 0.717) is 6.42 Å². The van der Waals surface area contributed by atoms with Gasteiger partial charge in [-0.25, -0.2) is 4.98 Å². The quantitative estimate of drug-likeness (QED) is 0.528. The van der Waals surface area contributed by atoms with Crippen molar-refractivity contribution >= 4 is 22.9 Å².